The molecule has 1 heterocycles. The minimum atomic E-state index is -1.21. The maximum absolute atomic E-state index is 14.0. The molecule has 0 aliphatic rings. The van der Waals surface area contributed by atoms with E-state index in [1.807, 2.05) is 24.3 Å². The highest BCUT2D eigenvalue weighted by Gasteiger charge is 2.35. The van der Waals surface area contributed by atoms with Gasteiger partial charge < -0.3 is 30.4 Å². The van der Waals surface area contributed by atoms with Crippen LogP contribution in [0.4, 0.5) is 4.79 Å². The summed E-state index contributed by atoms with van der Waals surface area (Å²) in [5.41, 5.74) is 4.25. The zero-order valence-electron chi connectivity index (χ0n) is 25.1. The van der Waals surface area contributed by atoms with E-state index in [4.69, 9.17) is 4.74 Å². The summed E-state index contributed by atoms with van der Waals surface area (Å²) in [7, 11) is 1.44. The van der Waals surface area contributed by atoms with Gasteiger partial charge in [0.2, 0.25) is 11.8 Å². The van der Waals surface area contributed by atoms with Gasteiger partial charge in [0.15, 0.2) is 0 Å². The molecule has 46 heavy (non-hydrogen) atoms. The van der Waals surface area contributed by atoms with Gasteiger partial charge in [0.25, 0.3) is 5.91 Å². The molecule has 0 aliphatic heterocycles. The van der Waals surface area contributed by atoms with Crippen molar-refractivity contribution in [1.82, 2.24) is 31.0 Å². The number of nitrogens with zero attached hydrogens (tertiary/aromatic N) is 2. The number of aromatic hydroxyl groups is 1. The number of rotatable bonds is 14. The monoisotopic (exact) mass is 628 g/mol. The number of likely N-dealkylation sites (N-methyl/N-ethyl adjacent to an activating group) is 1. The molecule has 4 rings (SSSR count). The Hall–Kier alpha value is -5.69. The summed E-state index contributed by atoms with van der Waals surface area (Å²) in [5, 5.41) is 24.3. The first-order chi connectivity index (χ1) is 22.2. The normalized spacial score (nSPS) is 12.7. The molecule has 240 valence electrons. The van der Waals surface area contributed by atoms with Crippen molar-refractivity contribution in [3.63, 3.8) is 0 Å². The van der Waals surface area contributed by atoms with E-state index in [2.05, 4.69) is 20.6 Å². The van der Waals surface area contributed by atoms with Gasteiger partial charge in [0, 0.05) is 38.2 Å². The Balaban J connectivity index is 1.56. The molecule has 1 aromatic heterocycles. The number of carbonyl (C=O) groups excluding carboxylic acids is 4. The van der Waals surface area contributed by atoms with Gasteiger partial charge in [-0.25, -0.2) is 15.3 Å². The minimum absolute atomic E-state index is 0.00854. The molecule has 13 heteroatoms. The molecule has 0 aliphatic carbocycles. The lowest BCUT2D eigenvalue weighted by Crippen LogP contribution is -2.58. The average Bonchev–Trinajstić information content (AvgIpc) is 3.59. The fraction of sp³-hybridized carbons (Fsp3) is 0.242. The number of phenols is 1. The van der Waals surface area contributed by atoms with E-state index in [1.165, 1.54) is 36.6 Å². The largest absolute Gasteiger partial charge is 0.508 e. The molecule has 4 aromatic rings. The third kappa shape index (κ3) is 9.66. The zero-order chi connectivity index (χ0) is 32.9. The Morgan fingerprint density at radius 1 is 0.804 bits per heavy atom. The number of ether oxygens (including phenoxy) is 1. The maximum atomic E-state index is 14.0. The first kappa shape index (κ1) is 33.2. The summed E-state index contributed by atoms with van der Waals surface area (Å²) in [5.74, 6) is -2.10. The van der Waals surface area contributed by atoms with Gasteiger partial charge in [0.05, 0.1) is 6.33 Å². The molecule has 6 N–H and O–H groups in total. The summed E-state index contributed by atoms with van der Waals surface area (Å²) < 4.78 is 5.36. The Labute approximate surface area is 265 Å². The van der Waals surface area contributed by atoms with E-state index >= 15 is 0 Å². The van der Waals surface area contributed by atoms with Crippen LogP contribution in [0.1, 0.15) is 22.4 Å². The number of benzene rings is 3. The molecule has 0 bridgehead atoms. The molecule has 0 spiro atoms. The second-order valence-corrected chi connectivity index (χ2v) is 10.6. The molecule has 3 aromatic carbocycles. The summed E-state index contributed by atoms with van der Waals surface area (Å²) in [4.78, 5) is 61.4. The fourth-order valence-corrected chi connectivity index (χ4v) is 4.79. The first-order valence-electron chi connectivity index (χ1n) is 14.5. The Kier molecular flexibility index (Phi) is 11.8. The van der Waals surface area contributed by atoms with Crippen molar-refractivity contribution in [1.29, 1.82) is 0 Å². The first-order valence-corrected chi connectivity index (χ1v) is 14.5. The van der Waals surface area contributed by atoms with Gasteiger partial charge in [-0.2, -0.15) is 0 Å². The number of nitrogens with one attached hydrogen (secondary N) is 4. The molecule has 0 saturated carbocycles. The van der Waals surface area contributed by atoms with E-state index in [0.29, 0.717) is 11.3 Å². The standard InChI is InChI=1S/C33H36N6O7/c1-39(32(43)28(18-25-19-34-21-35-25)37-33(44)46-20-24-10-6-3-7-11-24)29(17-22-8-4-2-5-9-22)31(42)36-27(30(41)38-45)16-23-12-14-26(40)15-13-23/h2-15,19,21,27-29,40,45H,16-18,20H2,1H3,(H,34,35)(H,36,42)(H,37,44)(H,38,41)/t27-,28-,29-/m0/s1. The third-order valence-electron chi connectivity index (χ3n) is 7.29. The number of imidazole rings is 1. The van der Waals surface area contributed by atoms with Crippen molar-refractivity contribution < 1.29 is 34.2 Å². The topological polar surface area (TPSA) is 186 Å². The number of phenolic OH excluding ortho intramolecular Hbond substituents is 1. The van der Waals surface area contributed by atoms with E-state index in [9.17, 15) is 29.5 Å². The lowest BCUT2D eigenvalue weighted by molar-refractivity contribution is -0.142. The van der Waals surface area contributed by atoms with Crippen molar-refractivity contribution in [3.05, 3.63) is 120 Å². The highest BCUT2D eigenvalue weighted by molar-refractivity contribution is 5.94. The van der Waals surface area contributed by atoms with Crippen LogP contribution in [-0.2, 0) is 45.0 Å². The van der Waals surface area contributed by atoms with Gasteiger partial charge >= 0.3 is 6.09 Å². The number of H-pyrrole nitrogens is 1. The molecular formula is C33H36N6O7. The molecule has 13 nitrogen and oxygen atoms in total. The number of hydrogen-bond donors (Lipinski definition) is 6. The van der Waals surface area contributed by atoms with Crippen LogP contribution in [0.15, 0.2) is 97.5 Å². The predicted molar refractivity (Wildman–Crippen MR) is 166 cm³/mol. The van der Waals surface area contributed by atoms with Crippen LogP contribution in [0.3, 0.4) is 0 Å². The highest BCUT2D eigenvalue weighted by atomic mass is 16.5. The van der Waals surface area contributed by atoms with Crippen LogP contribution in [0, 0.1) is 0 Å². The van der Waals surface area contributed by atoms with E-state index in [0.717, 1.165) is 11.1 Å². The second kappa shape index (κ2) is 16.4. The van der Waals surface area contributed by atoms with Gasteiger partial charge in [-0.05, 0) is 28.8 Å². The molecule has 3 atom stereocenters. The SMILES string of the molecule is CN(C(=O)[C@H](Cc1cnc[nH]1)NC(=O)OCc1ccccc1)[C@@H](Cc1ccccc1)C(=O)N[C@@H](Cc1ccc(O)cc1)C(=O)NO. The number of hydrogen-bond acceptors (Lipinski definition) is 8. The van der Waals surface area contributed by atoms with Crippen LogP contribution < -0.4 is 16.1 Å². The number of hydroxylamine groups is 1. The van der Waals surface area contributed by atoms with Gasteiger partial charge in [-0.15, -0.1) is 0 Å². The summed E-state index contributed by atoms with van der Waals surface area (Å²) in [6, 6.07) is 20.6. The average molecular weight is 629 g/mol. The third-order valence-corrected chi connectivity index (χ3v) is 7.29. The second-order valence-electron chi connectivity index (χ2n) is 10.6. The summed E-state index contributed by atoms with van der Waals surface area (Å²) in [6.07, 6.45) is 2.24. The van der Waals surface area contributed by atoms with Crippen LogP contribution in [0.25, 0.3) is 0 Å². The minimum Gasteiger partial charge on any atom is -0.508 e. The van der Waals surface area contributed by atoms with Gasteiger partial charge in [-0.3, -0.25) is 19.6 Å². The Morgan fingerprint density at radius 3 is 2.04 bits per heavy atom. The molecule has 4 amide bonds. The lowest BCUT2D eigenvalue weighted by atomic mass is 10.0. The molecule has 0 unspecified atom stereocenters. The van der Waals surface area contributed by atoms with Crippen molar-refractivity contribution in [2.75, 3.05) is 7.05 Å². The Bertz CT molecular complexity index is 1570. The predicted octanol–water partition coefficient (Wildman–Crippen LogP) is 2.26. The quantitative estimate of drug-likeness (QED) is 0.0907. The number of aromatic nitrogens is 2. The van der Waals surface area contributed by atoms with E-state index in [1.54, 1.807) is 54.0 Å². The summed E-state index contributed by atoms with van der Waals surface area (Å²) >= 11 is 0. The van der Waals surface area contributed by atoms with Crippen molar-refractivity contribution in [2.45, 2.75) is 44.0 Å². The number of aromatic amines is 1. The van der Waals surface area contributed by atoms with Crippen molar-refractivity contribution in [3.8, 4) is 5.75 Å². The van der Waals surface area contributed by atoms with Crippen LogP contribution in [-0.4, -0.2) is 74.2 Å². The number of alkyl carbamates (subject to hydrolysis) is 1. The van der Waals surface area contributed by atoms with Crippen LogP contribution in [0.2, 0.25) is 0 Å². The van der Waals surface area contributed by atoms with Crippen LogP contribution in [0.5, 0.6) is 5.75 Å². The summed E-state index contributed by atoms with van der Waals surface area (Å²) in [6.45, 7) is -0.0120. The zero-order valence-corrected chi connectivity index (χ0v) is 25.1. The van der Waals surface area contributed by atoms with E-state index < -0.39 is 41.9 Å². The number of carbonyl (C=O) groups is 4. The Morgan fingerprint density at radius 2 is 1.43 bits per heavy atom. The smallest absolute Gasteiger partial charge is 0.408 e. The van der Waals surface area contributed by atoms with Crippen molar-refractivity contribution >= 4 is 23.8 Å². The van der Waals surface area contributed by atoms with Crippen LogP contribution >= 0.6 is 0 Å². The number of amides is 4. The highest BCUT2D eigenvalue weighted by Crippen LogP contribution is 2.15. The molecular weight excluding hydrogens is 592 g/mol. The molecule has 0 radical (unpaired) electrons. The fourth-order valence-electron chi connectivity index (χ4n) is 4.79. The van der Waals surface area contributed by atoms with Gasteiger partial charge in [-0.1, -0.05) is 72.8 Å². The molecule has 0 fully saturated rings. The van der Waals surface area contributed by atoms with Gasteiger partial charge in [0.1, 0.15) is 30.5 Å². The molecule has 0 saturated heterocycles. The lowest BCUT2D eigenvalue weighted by Gasteiger charge is -2.32. The van der Waals surface area contributed by atoms with E-state index in [-0.39, 0.29) is 31.6 Å². The maximum Gasteiger partial charge on any atom is 0.408 e. The van der Waals surface area contributed by atoms with Crippen molar-refractivity contribution in [2.24, 2.45) is 0 Å².